The van der Waals surface area contributed by atoms with E-state index in [1.54, 1.807) is 4.68 Å². The van der Waals surface area contributed by atoms with Crippen LogP contribution in [-0.4, -0.2) is 62.1 Å². The highest BCUT2D eigenvalue weighted by Crippen LogP contribution is 2.21. The zero-order chi connectivity index (χ0) is 17.1. The summed E-state index contributed by atoms with van der Waals surface area (Å²) in [5, 5.41) is 12.5. The van der Waals surface area contributed by atoms with E-state index < -0.39 is 0 Å². The molecule has 0 saturated carbocycles. The lowest BCUT2D eigenvalue weighted by Crippen LogP contribution is -2.48. The molecule has 128 valence electrons. The minimum Gasteiger partial charge on any atom is -0.372 e. The molecule has 0 unspecified atom stereocenters. The van der Waals surface area contributed by atoms with Gasteiger partial charge >= 0.3 is 0 Å². The third-order valence-electron chi connectivity index (χ3n) is 3.88. The molecule has 1 aliphatic rings. The van der Waals surface area contributed by atoms with Crippen molar-refractivity contribution in [2.45, 2.75) is 38.1 Å². The Labute approximate surface area is 145 Å². The maximum atomic E-state index is 12.5. The summed E-state index contributed by atoms with van der Waals surface area (Å²) in [6.07, 6.45) is 0.139. The van der Waals surface area contributed by atoms with Crippen molar-refractivity contribution in [1.29, 1.82) is 0 Å². The lowest BCUT2D eigenvalue weighted by molar-refractivity contribution is -0.140. The quantitative estimate of drug-likeness (QED) is 0.784. The Morgan fingerprint density at radius 3 is 2.71 bits per heavy atom. The van der Waals surface area contributed by atoms with Crippen LogP contribution in [0.3, 0.4) is 0 Å². The fraction of sp³-hybridized carbons (Fsp3) is 0.500. The SMILES string of the molecule is Cc1ccccc1-n1nnnc1SCC(=O)N1C[C@@H](C)O[C@H](C)C1. The summed E-state index contributed by atoms with van der Waals surface area (Å²) in [6.45, 7) is 7.25. The minimum atomic E-state index is 0.0694. The number of thioether (sulfide) groups is 1. The van der Waals surface area contributed by atoms with Gasteiger partial charge in [0.2, 0.25) is 11.1 Å². The van der Waals surface area contributed by atoms with Crippen molar-refractivity contribution in [3.8, 4) is 5.69 Å². The highest BCUT2D eigenvalue weighted by Gasteiger charge is 2.26. The molecule has 1 amide bonds. The molecular formula is C16H21N5O2S. The number of rotatable bonds is 4. The van der Waals surface area contributed by atoms with Gasteiger partial charge in [0.1, 0.15) is 0 Å². The molecule has 1 saturated heterocycles. The van der Waals surface area contributed by atoms with Crippen molar-refractivity contribution in [3.63, 3.8) is 0 Å². The van der Waals surface area contributed by atoms with Crippen LogP contribution >= 0.6 is 11.8 Å². The number of morpholine rings is 1. The number of tetrazole rings is 1. The highest BCUT2D eigenvalue weighted by atomic mass is 32.2. The van der Waals surface area contributed by atoms with Gasteiger partial charge in [0.15, 0.2) is 0 Å². The number of hydrogen-bond acceptors (Lipinski definition) is 6. The van der Waals surface area contributed by atoms with Crippen molar-refractivity contribution >= 4 is 17.7 Å². The van der Waals surface area contributed by atoms with Crippen LogP contribution in [0.15, 0.2) is 29.4 Å². The number of carbonyl (C=O) groups is 1. The molecule has 2 heterocycles. The second kappa shape index (κ2) is 7.31. The van der Waals surface area contributed by atoms with Crippen molar-refractivity contribution in [3.05, 3.63) is 29.8 Å². The van der Waals surface area contributed by atoms with Crippen LogP contribution in [0.5, 0.6) is 0 Å². The van der Waals surface area contributed by atoms with Gasteiger partial charge in [-0.15, -0.1) is 5.10 Å². The molecule has 0 radical (unpaired) electrons. The number of benzene rings is 1. The van der Waals surface area contributed by atoms with Crippen LogP contribution in [0.25, 0.3) is 5.69 Å². The first-order chi connectivity index (χ1) is 11.5. The van der Waals surface area contributed by atoms with E-state index in [1.165, 1.54) is 11.8 Å². The molecule has 2 aromatic rings. The molecule has 1 aromatic carbocycles. The first-order valence-electron chi connectivity index (χ1n) is 7.95. The van der Waals surface area contributed by atoms with Crippen LogP contribution in [0.2, 0.25) is 0 Å². The molecule has 2 atom stereocenters. The van der Waals surface area contributed by atoms with E-state index in [4.69, 9.17) is 4.74 Å². The zero-order valence-corrected chi connectivity index (χ0v) is 14.9. The average Bonchev–Trinajstić information content (AvgIpc) is 3.00. The number of ether oxygens (including phenoxy) is 1. The van der Waals surface area contributed by atoms with Crippen LogP contribution in [-0.2, 0) is 9.53 Å². The Hall–Kier alpha value is -1.93. The van der Waals surface area contributed by atoms with E-state index in [2.05, 4.69) is 15.5 Å². The number of amides is 1. The number of aryl methyl sites for hydroxylation is 1. The number of nitrogens with zero attached hydrogens (tertiary/aromatic N) is 5. The second-order valence-electron chi connectivity index (χ2n) is 6.00. The predicted molar refractivity (Wildman–Crippen MR) is 91.2 cm³/mol. The summed E-state index contributed by atoms with van der Waals surface area (Å²) in [5.41, 5.74) is 2.00. The van der Waals surface area contributed by atoms with E-state index in [-0.39, 0.29) is 18.1 Å². The van der Waals surface area contributed by atoms with E-state index in [9.17, 15) is 4.79 Å². The van der Waals surface area contributed by atoms with Crippen LogP contribution in [0, 0.1) is 6.92 Å². The molecule has 8 heteroatoms. The number of hydrogen-bond donors (Lipinski definition) is 0. The van der Waals surface area contributed by atoms with E-state index in [0.717, 1.165) is 11.3 Å². The second-order valence-corrected chi connectivity index (χ2v) is 6.95. The Morgan fingerprint density at radius 1 is 1.29 bits per heavy atom. The van der Waals surface area contributed by atoms with Gasteiger partial charge < -0.3 is 9.64 Å². The number of para-hydroxylation sites is 1. The molecule has 1 aliphatic heterocycles. The van der Waals surface area contributed by atoms with Gasteiger partial charge in [-0.05, 0) is 42.8 Å². The zero-order valence-electron chi connectivity index (χ0n) is 14.0. The van der Waals surface area contributed by atoms with Gasteiger partial charge in [-0.1, -0.05) is 30.0 Å². The largest absolute Gasteiger partial charge is 0.372 e. The van der Waals surface area contributed by atoms with Crippen LogP contribution < -0.4 is 0 Å². The fourth-order valence-corrected chi connectivity index (χ4v) is 3.61. The molecule has 3 rings (SSSR count). The van der Waals surface area contributed by atoms with E-state index in [0.29, 0.717) is 24.0 Å². The first kappa shape index (κ1) is 16.9. The maximum absolute atomic E-state index is 12.5. The molecule has 7 nitrogen and oxygen atoms in total. The van der Waals surface area contributed by atoms with Crippen molar-refractivity contribution < 1.29 is 9.53 Å². The van der Waals surface area contributed by atoms with Crippen molar-refractivity contribution in [2.24, 2.45) is 0 Å². The smallest absolute Gasteiger partial charge is 0.233 e. The average molecular weight is 347 g/mol. The van der Waals surface area contributed by atoms with Gasteiger partial charge in [-0.2, -0.15) is 4.68 Å². The van der Waals surface area contributed by atoms with Crippen molar-refractivity contribution in [1.82, 2.24) is 25.1 Å². The molecular weight excluding hydrogens is 326 g/mol. The molecule has 0 spiro atoms. The van der Waals surface area contributed by atoms with Gasteiger partial charge in [-0.3, -0.25) is 4.79 Å². The van der Waals surface area contributed by atoms with Crippen molar-refractivity contribution in [2.75, 3.05) is 18.8 Å². The van der Waals surface area contributed by atoms with Gasteiger partial charge in [0, 0.05) is 13.1 Å². The normalized spacial score (nSPS) is 21.0. The molecule has 0 aliphatic carbocycles. The Bertz CT molecular complexity index is 710. The third-order valence-corrected chi connectivity index (χ3v) is 4.79. The number of aromatic nitrogens is 4. The molecule has 24 heavy (non-hydrogen) atoms. The summed E-state index contributed by atoms with van der Waals surface area (Å²) < 4.78 is 7.35. The summed E-state index contributed by atoms with van der Waals surface area (Å²) in [4.78, 5) is 14.3. The van der Waals surface area contributed by atoms with E-state index in [1.807, 2.05) is 49.9 Å². The topological polar surface area (TPSA) is 73.1 Å². The molecule has 0 N–H and O–H groups in total. The Balaban J connectivity index is 1.67. The highest BCUT2D eigenvalue weighted by molar-refractivity contribution is 7.99. The number of carbonyl (C=O) groups excluding carboxylic acids is 1. The lowest BCUT2D eigenvalue weighted by Gasteiger charge is -2.35. The summed E-state index contributed by atoms with van der Waals surface area (Å²) in [5.74, 6) is 0.396. The van der Waals surface area contributed by atoms with E-state index >= 15 is 0 Å². The Kier molecular flexibility index (Phi) is 5.15. The Morgan fingerprint density at radius 2 is 2.00 bits per heavy atom. The summed E-state index contributed by atoms with van der Waals surface area (Å²) >= 11 is 1.36. The van der Waals surface area contributed by atoms with Crippen LogP contribution in [0.4, 0.5) is 0 Å². The van der Waals surface area contributed by atoms with Gasteiger partial charge in [0.25, 0.3) is 0 Å². The fourth-order valence-electron chi connectivity index (χ4n) is 2.82. The molecule has 1 aromatic heterocycles. The standard InChI is InChI=1S/C16H21N5O2S/c1-11-6-4-5-7-14(11)21-16(17-18-19-21)24-10-15(22)20-8-12(2)23-13(3)9-20/h4-7,12-13H,8-10H2,1-3H3/t12-,13-/m1/s1. The molecule has 1 fully saturated rings. The summed E-state index contributed by atoms with van der Waals surface area (Å²) in [7, 11) is 0. The van der Waals surface area contributed by atoms with Crippen LogP contribution in [0.1, 0.15) is 19.4 Å². The molecule has 0 bridgehead atoms. The summed E-state index contributed by atoms with van der Waals surface area (Å²) in [6, 6.07) is 7.89. The minimum absolute atomic E-state index is 0.0694. The van der Waals surface area contributed by atoms with Gasteiger partial charge in [0.05, 0.1) is 23.6 Å². The monoisotopic (exact) mass is 347 g/mol. The lowest BCUT2D eigenvalue weighted by atomic mass is 10.2. The van der Waals surface area contributed by atoms with Gasteiger partial charge in [-0.25, -0.2) is 0 Å². The third kappa shape index (κ3) is 3.76. The first-order valence-corrected chi connectivity index (χ1v) is 8.93. The maximum Gasteiger partial charge on any atom is 0.233 e. The predicted octanol–water partition coefficient (Wildman–Crippen LogP) is 1.70.